The fourth-order valence-corrected chi connectivity index (χ4v) is 7.78. The van der Waals surface area contributed by atoms with Gasteiger partial charge in [0.05, 0.1) is 18.7 Å². The Morgan fingerprint density at radius 3 is 0.768 bits per heavy atom. The van der Waals surface area contributed by atoms with Gasteiger partial charge in [0.1, 0.15) is 11.9 Å². The van der Waals surface area contributed by atoms with Crippen LogP contribution in [0.5, 0.6) is 0 Å². The van der Waals surface area contributed by atoms with E-state index in [-0.39, 0.29) is 0 Å². The molecule has 13 heterocycles. The molecule has 16 heteroatoms. The molecule has 786 valence electrons. The highest BCUT2D eigenvalue weighted by molar-refractivity contribution is 7.07. The summed E-state index contributed by atoms with van der Waals surface area (Å²) < 4.78 is 14.5. The summed E-state index contributed by atoms with van der Waals surface area (Å²) in [5.41, 5.74) is 10.1. The number of hydrogen-bond acceptors (Lipinski definition) is 13. The Bertz CT molecular complexity index is 3530. The SMILES string of the molecule is C1=CCC=C1.CC.CC.CC.CC.CC.CC.CC.CC.CC(C)C.CC(C)C.CC(C)C.CC(C)C.CC(C)C.CC(C)C.CC(C)c1ccc2nccn2c1.CC(C)c1ccccn1.CC(C)c1cccnc1.CC(C)c1cccnc1.CC(C)c1cccnc1.CC(C)c1cccnc1.CC(C)c1ccncc1.Cn1cccn1.Cn1cccn1.c1ccoc1.c1ccsc1.c1cnoc1. The van der Waals surface area contributed by atoms with Crippen molar-refractivity contribution < 1.29 is 8.94 Å². The Labute approximate surface area is 858 Å². The molecule has 0 aliphatic heterocycles. The molecule has 0 saturated carbocycles. The highest BCUT2D eigenvalue weighted by Crippen LogP contribution is 2.17. The maximum atomic E-state index is 4.58. The molecule has 0 spiro atoms. The number of pyridine rings is 7. The Kier molecular flexibility index (Phi) is 143. The van der Waals surface area contributed by atoms with Gasteiger partial charge in [-0.3, -0.25) is 39.3 Å². The van der Waals surface area contributed by atoms with Crippen LogP contribution in [0.4, 0.5) is 0 Å². The predicted octanol–water partition coefficient (Wildman–Crippen LogP) is 39.9. The molecule has 13 aromatic heterocycles. The zero-order valence-electron chi connectivity index (χ0n) is 98.1. The topological polar surface area (TPSA) is 169 Å². The van der Waals surface area contributed by atoms with Crippen molar-refractivity contribution in [1.82, 2.24) is 64.0 Å². The molecule has 13 aromatic rings. The number of aryl methyl sites for hydroxylation is 2. The van der Waals surface area contributed by atoms with Crippen molar-refractivity contribution in [2.24, 2.45) is 49.6 Å². The standard InChI is InChI=1S/C10H12N2.6C8H11N.C5H6.2C4H6N2.C4H4O.C4H4S.6C4H10.C3H3NO.8C2H6/c1-8(2)9-3-4-10-11-5-6-12(10)7-9;1-7(2)8-3-5-9-6-4-8;4*1-7(2)8-4-3-5-9-6-8;1-7(2)8-5-3-4-6-9-8;1-2-4-5-3-1;2*1-6-4-2-3-5-6;2*1-2-4-5-3-1;6*1-4(2)3;1-2-4-5-3-1;8*1-2/h3-8H,1-2H3;6*3-7H,1-2H3;1-4H,5H2;2*2-4H,1H3;2*1-4H;6*4H,1-3H3;1-3H;8*1-2H3. The molecule has 1 aliphatic rings. The third kappa shape index (κ3) is 139. The minimum Gasteiger partial charge on any atom is -0.473 e. The number of thiophene rings is 1. The number of nitrogens with zero attached hydrogens (tertiary/aromatic N) is 13. The van der Waals surface area contributed by atoms with Crippen LogP contribution in [0, 0.1) is 35.5 Å². The van der Waals surface area contributed by atoms with E-state index < -0.39 is 0 Å². The fraction of sp³-hybridized carbons (Fsp3) is 0.525. The van der Waals surface area contributed by atoms with Crippen LogP contribution in [0.2, 0.25) is 0 Å². The molecular formula is C122H215N13O2S. The maximum Gasteiger partial charge on any atom is 0.136 e. The monoisotopic (exact) mass is 1930 g/mol. The largest absolute Gasteiger partial charge is 0.473 e. The summed E-state index contributed by atoms with van der Waals surface area (Å²) in [6.07, 6.45) is 49.4. The van der Waals surface area contributed by atoms with Crippen LogP contribution in [0.3, 0.4) is 0 Å². The minimum absolute atomic E-state index is 0.547. The first-order valence-corrected chi connectivity index (χ1v) is 52.5. The van der Waals surface area contributed by atoms with Crippen LogP contribution >= 0.6 is 11.3 Å². The fourth-order valence-electron chi connectivity index (χ4n) is 7.33. The zero-order valence-corrected chi connectivity index (χ0v) is 98.9. The van der Waals surface area contributed by atoms with E-state index in [1.54, 1.807) is 82.7 Å². The van der Waals surface area contributed by atoms with Crippen LogP contribution < -0.4 is 0 Å². The molecule has 0 bridgehead atoms. The molecule has 0 N–H and O–H groups in total. The van der Waals surface area contributed by atoms with E-state index in [1.165, 1.54) is 39.6 Å². The smallest absolute Gasteiger partial charge is 0.136 e. The number of hydrogen-bond donors (Lipinski definition) is 0. The second kappa shape index (κ2) is 127. The molecule has 0 unspecified atom stereocenters. The minimum atomic E-state index is 0.547. The van der Waals surface area contributed by atoms with Crippen LogP contribution in [-0.2, 0) is 14.1 Å². The molecule has 0 radical (unpaired) electrons. The number of rotatable bonds is 7. The van der Waals surface area contributed by atoms with E-state index in [2.05, 4.69) is 352 Å². The summed E-state index contributed by atoms with van der Waals surface area (Å²) in [5.74, 6) is 9.13. The van der Waals surface area contributed by atoms with Crippen molar-refractivity contribution in [2.45, 2.75) is 380 Å². The number of imidazole rings is 1. The van der Waals surface area contributed by atoms with Gasteiger partial charge in [0.2, 0.25) is 0 Å². The van der Waals surface area contributed by atoms with E-state index >= 15 is 0 Å². The zero-order chi connectivity index (χ0) is 109. The van der Waals surface area contributed by atoms with E-state index in [9.17, 15) is 0 Å². The summed E-state index contributed by atoms with van der Waals surface area (Å²) in [6, 6.07) is 43.7. The van der Waals surface area contributed by atoms with Gasteiger partial charge in [-0.25, -0.2) is 4.98 Å². The first kappa shape index (κ1) is 156. The van der Waals surface area contributed by atoms with Crippen LogP contribution in [-0.4, -0.2) is 64.0 Å². The molecule has 0 fully saturated rings. The quantitative estimate of drug-likeness (QED) is 0.148. The third-order valence-electron chi connectivity index (χ3n) is 13.3. The highest BCUT2D eigenvalue weighted by atomic mass is 32.1. The number of furan rings is 1. The molecule has 0 amide bonds. The van der Waals surface area contributed by atoms with Gasteiger partial charge in [-0.05, 0) is 212 Å². The van der Waals surface area contributed by atoms with Gasteiger partial charge in [-0.2, -0.15) is 21.5 Å². The Morgan fingerprint density at radius 2 is 0.601 bits per heavy atom. The van der Waals surface area contributed by atoms with Crippen LogP contribution in [0.15, 0.2) is 314 Å². The summed E-state index contributed by atoms with van der Waals surface area (Å²) >= 11 is 1.71. The average molecular weight is 1930 g/mol. The number of aromatic nitrogens is 13. The van der Waals surface area contributed by atoms with Gasteiger partial charge in [-0.15, -0.1) is 0 Å². The highest BCUT2D eigenvalue weighted by Gasteiger charge is 2.02. The van der Waals surface area contributed by atoms with Crippen molar-refractivity contribution in [3.05, 3.63) is 344 Å². The molecule has 1 aliphatic carbocycles. The summed E-state index contributed by atoms with van der Waals surface area (Å²) in [5, 5.41) is 15.1. The van der Waals surface area contributed by atoms with Gasteiger partial charge in [0, 0.05) is 131 Å². The lowest BCUT2D eigenvalue weighted by atomic mass is 10.1. The Balaban J connectivity index is -0.000000109. The molecule has 15 nitrogen and oxygen atoms in total. The molecule has 0 saturated heterocycles. The second-order valence-corrected chi connectivity index (χ2v) is 34.9. The van der Waals surface area contributed by atoms with Gasteiger partial charge < -0.3 is 13.3 Å². The normalized spacial score (nSPS) is 9.12. The summed E-state index contributed by atoms with van der Waals surface area (Å²) in [7, 11) is 3.78. The van der Waals surface area contributed by atoms with Gasteiger partial charge in [0.15, 0.2) is 0 Å². The molecule has 14 rings (SSSR count). The van der Waals surface area contributed by atoms with Gasteiger partial charge >= 0.3 is 0 Å². The lowest BCUT2D eigenvalue weighted by molar-refractivity contribution is 0.420. The van der Waals surface area contributed by atoms with Crippen LogP contribution in [0.1, 0.15) is 419 Å². The summed E-state index contributed by atoms with van der Waals surface area (Å²) in [6.45, 7) is 101. The van der Waals surface area contributed by atoms with Crippen LogP contribution in [0.25, 0.3) is 5.65 Å². The van der Waals surface area contributed by atoms with Crippen molar-refractivity contribution in [3.63, 3.8) is 0 Å². The van der Waals surface area contributed by atoms with E-state index in [1.807, 2.05) is 295 Å². The molecular weight excluding hydrogens is 1710 g/mol. The van der Waals surface area contributed by atoms with Gasteiger partial charge in [0.25, 0.3) is 0 Å². The van der Waals surface area contributed by atoms with E-state index in [0.717, 1.165) is 53.3 Å². The lowest BCUT2D eigenvalue weighted by Crippen LogP contribution is -1.91. The second-order valence-electron chi connectivity index (χ2n) is 34.0. The van der Waals surface area contributed by atoms with Crippen molar-refractivity contribution in [1.29, 1.82) is 0 Å². The molecule has 0 aromatic carbocycles. The molecule has 138 heavy (non-hydrogen) atoms. The van der Waals surface area contributed by atoms with Crippen molar-refractivity contribution >= 4 is 17.0 Å². The molecule has 0 atom stereocenters. The third-order valence-corrected chi connectivity index (χ3v) is 13.9. The first-order valence-electron chi connectivity index (χ1n) is 51.6. The predicted molar refractivity (Wildman–Crippen MR) is 622 cm³/mol. The van der Waals surface area contributed by atoms with Gasteiger partial charge in [-0.1, -0.05) is 410 Å². The summed E-state index contributed by atoms with van der Waals surface area (Å²) in [4.78, 5) is 28.3. The lowest BCUT2D eigenvalue weighted by Gasteiger charge is -2.04. The Hall–Kier alpha value is -10.3. The Morgan fingerprint density at radius 1 is 0.268 bits per heavy atom. The first-order chi connectivity index (χ1) is 65.8. The maximum absolute atomic E-state index is 4.58. The van der Waals surface area contributed by atoms with E-state index in [4.69, 9.17) is 0 Å². The van der Waals surface area contributed by atoms with Crippen molar-refractivity contribution in [2.75, 3.05) is 0 Å². The number of fused-ring (bicyclic) bond motifs is 1. The van der Waals surface area contributed by atoms with Crippen molar-refractivity contribution in [3.8, 4) is 0 Å². The van der Waals surface area contributed by atoms with E-state index in [0.29, 0.717) is 41.4 Å². The number of allylic oxidation sites excluding steroid dienone is 4. The average Bonchev–Trinajstić information content (AvgIpc) is 1.70.